The molecular formula is C7H8NO. The predicted octanol–water partition coefficient (Wildman–Crippen LogP) is 1.08. The van der Waals surface area contributed by atoms with E-state index in [9.17, 15) is 0 Å². The summed E-state index contributed by atoms with van der Waals surface area (Å²) in [5, 5.41) is 0. The third-order valence-electron chi connectivity index (χ3n) is 1.07. The number of benzene rings is 1. The van der Waals surface area contributed by atoms with Crippen LogP contribution in [0, 0.1) is 6.07 Å². The average molecular weight is 122 g/mol. The Labute approximate surface area is 54.2 Å². The molecule has 2 N–H and O–H groups in total. The minimum absolute atomic E-state index is 0.556. The zero-order chi connectivity index (χ0) is 6.69. The Bertz CT molecular complexity index is 198. The van der Waals surface area contributed by atoms with E-state index in [1.165, 1.54) is 0 Å². The molecule has 1 aromatic rings. The number of ether oxygens (including phenoxy) is 1. The van der Waals surface area contributed by atoms with Gasteiger partial charge in [0.2, 0.25) is 0 Å². The Hall–Kier alpha value is -1.18. The summed E-state index contributed by atoms with van der Waals surface area (Å²) in [6.07, 6.45) is 0. The monoisotopic (exact) mass is 122 g/mol. The first kappa shape index (κ1) is 5.95. The predicted molar refractivity (Wildman–Crippen MR) is 36.2 cm³/mol. The van der Waals surface area contributed by atoms with E-state index in [0.717, 1.165) is 0 Å². The fourth-order valence-electron chi connectivity index (χ4n) is 0.612. The summed E-state index contributed by atoms with van der Waals surface area (Å²) in [6, 6.07) is 8.18. The van der Waals surface area contributed by atoms with E-state index < -0.39 is 0 Å². The van der Waals surface area contributed by atoms with Crippen molar-refractivity contribution >= 4 is 5.69 Å². The molecule has 0 saturated carbocycles. The standard InChI is InChI=1S/C7H8NO/c1-9-7-5-3-2-4-6(7)8/h2-3,5H,8H2,1H3. The molecule has 2 nitrogen and oxygen atoms in total. The number of hydrogen-bond acceptors (Lipinski definition) is 2. The number of methoxy groups -OCH3 is 1. The first-order valence-corrected chi connectivity index (χ1v) is 2.65. The summed E-state index contributed by atoms with van der Waals surface area (Å²) in [5.74, 6) is 0.678. The lowest BCUT2D eigenvalue weighted by molar-refractivity contribution is 0.417. The Balaban J connectivity index is 3.01. The Morgan fingerprint density at radius 1 is 1.67 bits per heavy atom. The maximum absolute atomic E-state index is 5.45. The molecule has 47 valence electrons. The summed E-state index contributed by atoms with van der Waals surface area (Å²) >= 11 is 0. The van der Waals surface area contributed by atoms with Crippen molar-refractivity contribution in [2.75, 3.05) is 12.8 Å². The maximum atomic E-state index is 5.45. The molecule has 0 amide bonds. The van der Waals surface area contributed by atoms with E-state index in [-0.39, 0.29) is 0 Å². The molecule has 0 spiro atoms. The van der Waals surface area contributed by atoms with Gasteiger partial charge in [-0.1, -0.05) is 12.1 Å². The van der Waals surface area contributed by atoms with E-state index in [0.29, 0.717) is 11.4 Å². The molecule has 1 radical (unpaired) electrons. The zero-order valence-electron chi connectivity index (χ0n) is 5.22. The largest absolute Gasteiger partial charge is 0.495 e. The van der Waals surface area contributed by atoms with Gasteiger partial charge in [0.15, 0.2) is 0 Å². The molecule has 0 saturated heterocycles. The topological polar surface area (TPSA) is 35.2 Å². The summed E-state index contributed by atoms with van der Waals surface area (Å²) in [7, 11) is 1.58. The minimum atomic E-state index is 0.556. The molecule has 1 rings (SSSR count). The highest BCUT2D eigenvalue weighted by molar-refractivity contribution is 5.50. The third-order valence-corrected chi connectivity index (χ3v) is 1.07. The van der Waals surface area contributed by atoms with Gasteiger partial charge in [0, 0.05) is 6.07 Å². The maximum Gasteiger partial charge on any atom is 0.142 e. The van der Waals surface area contributed by atoms with Crippen molar-refractivity contribution in [3.63, 3.8) is 0 Å². The van der Waals surface area contributed by atoms with Crippen LogP contribution in [0.3, 0.4) is 0 Å². The number of rotatable bonds is 1. The molecule has 0 unspecified atom stereocenters. The molecular weight excluding hydrogens is 114 g/mol. The van der Waals surface area contributed by atoms with Crippen molar-refractivity contribution in [1.29, 1.82) is 0 Å². The van der Waals surface area contributed by atoms with E-state index in [1.807, 2.05) is 6.07 Å². The summed E-state index contributed by atoms with van der Waals surface area (Å²) < 4.78 is 4.89. The Morgan fingerprint density at radius 2 is 2.44 bits per heavy atom. The van der Waals surface area contributed by atoms with Crippen LogP contribution < -0.4 is 10.5 Å². The summed E-state index contributed by atoms with van der Waals surface area (Å²) in [6.45, 7) is 0. The smallest absolute Gasteiger partial charge is 0.142 e. The number of para-hydroxylation sites is 1. The highest BCUT2D eigenvalue weighted by atomic mass is 16.5. The molecule has 1 aromatic carbocycles. The van der Waals surface area contributed by atoms with Gasteiger partial charge in [-0.15, -0.1) is 0 Å². The van der Waals surface area contributed by atoms with Crippen molar-refractivity contribution < 1.29 is 4.74 Å². The van der Waals surface area contributed by atoms with Gasteiger partial charge in [0.1, 0.15) is 5.75 Å². The van der Waals surface area contributed by atoms with Gasteiger partial charge in [-0.05, 0) is 6.07 Å². The average Bonchev–Trinajstić information content (AvgIpc) is 1.89. The highest BCUT2D eigenvalue weighted by Gasteiger charge is 1.92. The second-order valence-corrected chi connectivity index (χ2v) is 1.65. The first-order chi connectivity index (χ1) is 4.34. The fraction of sp³-hybridized carbons (Fsp3) is 0.143. The van der Waals surface area contributed by atoms with Crippen LogP contribution in [0.2, 0.25) is 0 Å². The van der Waals surface area contributed by atoms with E-state index in [1.54, 1.807) is 19.2 Å². The fourth-order valence-corrected chi connectivity index (χ4v) is 0.612. The number of nitrogens with two attached hydrogens (primary N) is 1. The van der Waals surface area contributed by atoms with Crippen molar-refractivity contribution in [2.45, 2.75) is 0 Å². The van der Waals surface area contributed by atoms with Crippen LogP contribution in [0.1, 0.15) is 0 Å². The molecule has 0 heterocycles. The quantitative estimate of drug-likeness (QED) is 0.565. The normalized spacial score (nSPS) is 9.00. The Kier molecular flexibility index (Phi) is 1.58. The second-order valence-electron chi connectivity index (χ2n) is 1.65. The van der Waals surface area contributed by atoms with Gasteiger partial charge in [0.05, 0.1) is 12.8 Å². The van der Waals surface area contributed by atoms with Crippen molar-refractivity contribution in [3.05, 3.63) is 24.3 Å². The van der Waals surface area contributed by atoms with Crippen LogP contribution in [0.4, 0.5) is 5.69 Å². The van der Waals surface area contributed by atoms with Gasteiger partial charge in [-0.2, -0.15) is 0 Å². The van der Waals surface area contributed by atoms with Crippen LogP contribution >= 0.6 is 0 Å². The molecule has 0 aliphatic heterocycles. The van der Waals surface area contributed by atoms with Crippen molar-refractivity contribution in [1.82, 2.24) is 0 Å². The number of anilines is 1. The van der Waals surface area contributed by atoms with Gasteiger partial charge in [-0.25, -0.2) is 0 Å². The minimum Gasteiger partial charge on any atom is -0.495 e. The molecule has 0 aliphatic carbocycles. The van der Waals surface area contributed by atoms with Gasteiger partial charge >= 0.3 is 0 Å². The number of hydrogen-bond donors (Lipinski definition) is 1. The lowest BCUT2D eigenvalue weighted by atomic mass is 10.3. The van der Waals surface area contributed by atoms with Gasteiger partial charge in [-0.3, -0.25) is 0 Å². The second kappa shape index (κ2) is 2.40. The van der Waals surface area contributed by atoms with E-state index in [2.05, 4.69) is 6.07 Å². The van der Waals surface area contributed by atoms with Crippen LogP contribution in [0.5, 0.6) is 5.75 Å². The van der Waals surface area contributed by atoms with Gasteiger partial charge in [0.25, 0.3) is 0 Å². The third kappa shape index (κ3) is 1.13. The molecule has 0 fully saturated rings. The molecule has 2 heteroatoms. The lowest BCUT2D eigenvalue weighted by Gasteiger charge is -2.00. The van der Waals surface area contributed by atoms with E-state index in [4.69, 9.17) is 10.5 Å². The highest BCUT2D eigenvalue weighted by Crippen LogP contribution is 2.17. The molecule has 9 heavy (non-hydrogen) atoms. The molecule has 0 aliphatic rings. The molecule has 0 bridgehead atoms. The van der Waals surface area contributed by atoms with Crippen LogP contribution in [-0.2, 0) is 0 Å². The van der Waals surface area contributed by atoms with E-state index >= 15 is 0 Å². The molecule has 0 atom stereocenters. The summed E-state index contributed by atoms with van der Waals surface area (Å²) in [5.41, 5.74) is 6.01. The SMILES string of the molecule is COc1ccc[c]c1N. The van der Waals surface area contributed by atoms with Crippen LogP contribution in [0.15, 0.2) is 18.2 Å². The Morgan fingerprint density at radius 3 is 2.89 bits per heavy atom. The van der Waals surface area contributed by atoms with Crippen LogP contribution in [0.25, 0.3) is 0 Å². The first-order valence-electron chi connectivity index (χ1n) is 2.65. The zero-order valence-corrected chi connectivity index (χ0v) is 5.22. The van der Waals surface area contributed by atoms with Crippen molar-refractivity contribution in [2.24, 2.45) is 0 Å². The number of nitrogen functional groups attached to an aromatic ring is 1. The lowest BCUT2D eigenvalue weighted by Crippen LogP contribution is -1.90. The molecule has 0 aromatic heterocycles. The summed E-state index contributed by atoms with van der Waals surface area (Å²) in [4.78, 5) is 0. The van der Waals surface area contributed by atoms with Crippen LogP contribution in [-0.4, -0.2) is 7.11 Å². The van der Waals surface area contributed by atoms with Gasteiger partial charge < -0.3 is 10.5 Å². The van der Waals surface area contributed by atoms with Crippen molar-refractivity contribution in [3.8, 4) is 5.75 Å².